The van der Waals surface area contributed by atoms with Crippen LogP contribution in [0.25, 0.3) is 0 Å². The van der Waals surface area contributed by atoms with Gasteiger partial charge in [-0.25, -0.2) is 0 Å². The lowest BCUT2D eigenvalue weighted by molar-refractivity contribution is 0.00707. The fraction of sp³-hybridized carbons (Fsp3) is 0.547. The lowest BCUT2D eigenvalue weighted by atomic mass is 9.54. The molecular weight excluding hydrogens is 665 g/mol. The second kappa shape index (κ2) is 14.5. The van der Waals surface area contributed by atoms with Gasteiger partial charge in [-0.05, 0) is 160 Å². The van der Waals surface area contributed by atoms with Crippen LogP contribution >= 0.6 is 0 Å². The average molecular weight is 729 g/mol. The molecule has 2 nitrogen and oxygen atoms in total. The van der Waals surface area contributed by atoms with Crippen LogP contribution < -0.4 is 4.90 Å². The predicted molar refractivity (Wildman–Crippen MR) is 229 cm³/mol. The van der Waals surface area contributed by atoms with Crippen molar-refractivity contribution in [2.45, 2.75) is 114 Å². The molecule has 0 saturated heterocycles. The van der Waals surface area contributed by atoms with Gasteiger partial charge in [0.1, 0.15) is 0 Å². The molecule has 0 bridgehead atoms. The van der Waals surface area contributed by atoms with E-state index in [1.807, 2.05) is 0 Å². The largest absolute Gasteiger partial charge is 0.362 e. The minimum absolute atomic E-state index is 0.328. The summed E-state index contributed by atoms with van der Waals surface area (Å²) in [6.45, 7) is 0. The first-order valence-corrected chi connectivity index (χ1v) is 23.0. The van der Waals surface area contributed by atoms with Gasteiger partial charge in [-0.2, -0.15) is 0 Å². The summed E-state index contributed by atoms with van der Waals surface area (Å²) >= 11 is 0. The summed E-state index contributed by atoms with van der Waals surface area (Å²) in [5.41, 5.74) is 4.96. The normalized spacial score (nSPS) is 43.2. The van der Waals surface area contributed by atoms with Crippen LogP contribution in [0.4, 0.5) is 5.69 Å². The second-order valence-corrected chi connectivity index (χ2v) is 19.3. The molecule has 10 aliphatic rings. The maximum absolute atomic E-state index is 3.05. The van der Waals surface area contributed by atoms with Crippen molar-refractivity contribution in [3.63, 3.8) is 0 Å². The third-order valence-corrected chi connectivity index (χ3v) is 17.1. The summed E-state index contributed by atoms with van der Waals surface area (Å²) in [5, 5.41) is 0. The average Bonchev–Trinajstić information content (AvgIpc) is 3.73. The van der Waals surface area contributed by atoms with Crippen LogP contribution in [0.15, 0.2) is 139 Å². The molecule has 13 unspecified atom stereocenters. The van der Waals surface area contributed by atoms with Gasteiger partial charge in [0.25, 0.3) is 0 Å². The molecule has 1 aromatic rings. The van der Waals surface area contributed by atoms with Gasteiger partial charge in [-0.3, -0.25) is 0 Å². The highest BCUT2D eigenvalue weighted by molar-refractivity contribution is 5.57. The lowest BCUT2D eigenvalue weighted by Crippen LogP contribution is -2.50. The van der Waals surface area contributed by atoms with Crippen molar-refractivity contribution in [2.75, 3.05) is 4.90 Å². The fourth-order valence-electron chi connectivity index (χ4n) is 15.5. The number of anilines is 1. The third kappa shape index (κ3) is 5.53. The number of hydrogen-bond acceptors (Lipinski definition) is 2. The molecule has 0 N–H and O–H groups in total. The summed E-state index contributed by atoms with van der Waals surface area (Å²) < 4.78 is 0. The maximum Gasteiger partial charge on any atom is 0.0556 e. The Morgan fingerprint density at radius 3 is 2.24 bits per heavy atom. The quantitative estimate of drug-likeness (QED) is 0.269. The summed E-state index contributed by atoms with van der Waals surface area (Å²) in [6, 6.07) is 13.0. The molecule has 14 atom stereocenters. The van der Waals surface area contributed by atoms with Gasteiger partial charge in [0.05, 0.1) is 6.04 Å². The molecular formula is C53H64N2. The van der Waals surface area contributed by atoms with Gasteiger partial charge in [0, 0.05) is 35.1 Å². The first-order valence-electron chi connectivity index (χ1n) is 23.0. The van der Waals surface area contributed by atoms with E-state index in [-0.39, 0.29) is 0 Å². The standard InChI is InChI=1S/C53H64N2/c1-4-20-38(21-5-1)54(39-22-6-2-7-23-39)51-33-17-31-48-52(51)45-28-13-15-30-47(45)53(48)46-29-14-12-27-43(46)44-35-34-41(36-49(44)53)55(40-24-8-3-9-25-40)50-32-16-19-37-18-10-11-26-42(37)50/h1-2,4-8,12-13,16,19-22,24,27-28,33-37,39-40,42-50,52H,3,9-11,14-15,17-18,23,25-26,29-32H2/t37?,39?,40?,42?,43?,44?,45?,46?,47?,48-,49?,50?,52?,53?/m0/s1. The molecule has 0 radical (unpaired) electrons. The Balaban J connectivity index is 1.05. The first kappa shape index (κ1) is 34.7. The number of para-hydroxylation sites is 1. The Labute approximate surface area is 332 Å². The first-order chi connectivity index (χ1) is 27.3. The zero-order valence-corrected chi connectivity index (χ0v) is 33.1. The van der Waals surface area contributed by atoms with Crippen molar-refractivity contribution in [3.05, 3.63) is 139 Å². The molecule has 55 heavy (non-hydrogen) atoms. The van der Waals surface area contributed by atoms with Crippen molar-refractivity contribution in [1.82, 2.24) is 4.90 Å². The van der Waals surface area contributed by atoms with E-state index in [9.17, 15) is 0 Å². The molecule has 3 fully saturated rings. The second-order valence-electron chi connectivity index (χ2n) is 19.3. The Kier molecular flexibility index (Phi) is 9.12. The minimum atomic E-state index is 0.328. The Bertz CT molecular complexity index is 1870. The molecule has 2 heteroatoms. The van der Waals surface area contributed by atoms with E-state index in [0.29, 0.717) is 59.0 Å². The van der Waals surface area contributed by atoms with Crippen LogP contribution in [0.3, 0.4) is 0 Å². The van der Waals surface area contributed by atoms with Crippen LogP contribution in [0, 0.1) is 64.6 Å². The molecule has 11 rings (SSSR count). The predicted octanol–water partition coefficient (Wildman–Crippen LogP) is 12.7. The molecule has 3 saturated carbocycles. The molecule has 0 heterocycles. The van der Waals surface area contributed by atoms with E-state index in [1.165, 1.54) is 95.6 Å². The van der Waals surface area contributed by atoms with Crippen molar-refractivity contribution in [3.8, 4) is 0 Å². The van der Waals surface area contributed by atoms with Gasteiger partial charge in [-0.1, -0.05) is 122 Å². The van der Waals surface area contributed by atoms with Crippen LogP contribution in [0.2, 0.25) is 0 Å². The fourth-order valence-corrected chi connectivity index (χ4v) is 15.5. The summed E-state index contributed by atoms with van der Waals surface area (Å²) in [6.07, 6.45) is 61.3. The smallest absolute Gasteiger partial charge is 0.0556 e. The van der Waals surface area contributed by atoms with Crippen molar-refractivity contribution in [1.29, 1.82) is 0 Å². The SMILES string of the molecule is C1=CCC(N(C2=CCC[C@H]3C2C2C=CCCC2C32C3C=C(N(C4C=CCCC4)C4CC=CC5CCCCC54)C=CC3C3C=CCCC32)c2ccccc2)C=C1. The van der Waals surface area contributed by atoms with Gasteiger partial charge in [-0.15, -0.1) is 0 Å². The number of benzene rings is 1. The Morgan fingerprint density at radius 2 is 1.40 bits per heavy atom. The number of rotatable bonds is 6. The molecule has 0 aliphatic heterocycles. The molecule has 0 aromatic heterocycles. The Hall–Kier alpha value is -3.52. The number of hydrogen-bond donors (Lipinski definition) is 0. The Morgan fingerprint density at radius 1 is 0.582 bits per heavy atom. The molecule has 10 aliphatic carbocycles. The highest BCUT2D eigenvalue weighted by Gasteiger charge is 2.71. The number of nitrogens with zero attached hydrogens (tertiary/aromatic N) is 2. The molecule has 286 valence electrons. The van der Waals surface area contributed by atoms with Crippen LogP contribution in [0.1, 0.15) is 96.3 Å². The van der Waals surface area contributed by atoms with Crippen LogP contribution in [-0.4, -0.2) is 23.0 Å². The summed E-state index contributed by atoms with van der Waals surface area (Å²) in [5.74, 6) is 6.90. The molecule has 0 amide bonds. The van der Waals surface area contributed by atoms with E-state index in [4.69, 9.17) is 0 Å². The van der Waals surface area contributed by atoms with Gasteiger partial charge in [0.15, 0.2) is 0 Å². The topological polar surface area (TPSA) is 6.48 Å². The maximum atomic E-state index is 3.05. The zero-order chi connectivity index (χ0) is 36.3. The van der Waals surface area contributed by atoms with E-state index >= 15 is 0 Å². The van der Waals surface area contributed by atoms with Crippen molar-refractivity contribution in [2.24, 2.45) is 64.6 Å². The summed E-state index contributed by atoms with van der Waals surface area (Å²) in [7, 11) is 0. The van der Waals surface area contributed by atoms with Crippen molar-refractivity contribution >= 4 is 5.69 Å². The van der Waals surface area contributed by atoms with E-state index < -0.39 is 0 Å². The minimum Gasteiger partial charge on any atom is -0.362 e. The van der Waals surface area contributed by atoms with Gasteiger partial charge < -0.3 is 9.80 Å². The highest BCUT2D eigenvalue weighted by atomic mass is 15.2. The van der Waals surface area contributed by atoms with Gasteiger partial charge >= 0.3 is 0 Å². The molecule has 1 aromatic carbocycles. The lowest BCUT2D eigenvalue weighted by Gasteiger charge is -2.52. The van der Waals surface area contributed by atoms with E-state index in [0.717, 1.165) is 30.1 Å². The third-order valence-electron chi connectivity index (χ3n) is 17.1. The molecule has 1 spiro atoms. The summed E-state index contributed by atoms with van der Waals surface area (Å²) in [4.78, 5) is 5.87. The van der Waals surface area contributed by atoms with Crippen molar-refractivity contribution < 1.29 is 0 Å². The van der Waals surface area contributed by atoms with Crippen LogP contribution in [0.5, 0.6) is 0 Å². The monoisotopic (exact) mass is 729 g/mol. The highest BCUT2D eigenvalue weighted by Crippen LogP contribution is 2.76. The van der Waals surface area contributed by atoms with Gasteiger partial charge in [0.2, 0.25) is 0 Å². The van der Waals surface area contributed by atoms with E-state index in [1.54, 1.807) is 11.4 Å². The number of fused-ring (bicyclic) bond motifs is 11. The zero-order valence-electron chi connectivity index (χ0n) is 33.1. The van der Waals surface area contributed by atoms with Crippen LogP contribution in [-0.2, 0) is 0 Å². The van der Waals surface area contributed by atoms with E-state index in [2.05, 4.69) is 137 Å². The number of allylic oxidation sites excluding steroid dienone is 13.